The highest BCUT2D eigenvalue weighted by atomic mass is 32.2. The van der Waals surface area contributed by atoms with Crippen LogP contribution in [0.1, 0.15) is 18.4 Å². The summed E-state index contributed by atoms with van der Waals surface area (Å²) >= 11 is 0. The molecule has 0 aromatic heterocycles. The summed E-state index contributed by atoms with van der Waals surface area (Å²) in [5.41, 5.74) is 7.11. The third-order valence-electron chi connectivity index (χ3n) is 3.42. The second-order valence-electron chi connectivity index (χ2n) is 4.69. The Labute approximate surface area is 119 Å². The van der Waals surface area contributed by atoms with Crippen LogP contribution in [0.3, 0.4) is 0 Å². The van der Waals surface area contributed by atoms with E-state index in [9.17, 15) is 13.2 Å². The van der Waals surface area contributed by atoms with E-state index >= 15 is 0 Å². The SMILES string of the molecule is CNS(=O)(=O)c1ccc2c(c1)CCN2C(=O)CCCN. The average Bonchev–Trinajstić information content (AvgIpc) is 2.87. The van der Waals surface area contributed by atoms with E-state index < -0.39 is 10.0 Å². The number of hydrogen-bond donors (Lipinski definition) is 2. The lowest BCUT2D eigenvalue weighted by molar-refractivity contribution is -0.118. The molecule has 0 aliphatic carbocycles. The molecule has 7 heteroatoms. The van der Waals surface area contributed by atoms with Gasteiger partial charge in [0.15, 0.2) is 0 Å². The van der Waals surface area contributed by atoms with Crippen LogP contribution in [0, 0.1) is 0 Å². The molecular weight excluding hydrogens is 278 g/mol. The van der Waals surface area contributed by atoms with Crippen LogP contribution in [0.15, 0.2) is 23.1 Å². The normalized spacial score (nSPS) is 14.4. The fourth-order valence-electron chi connectivity index (χ4n) is 2.31. The van der Waals surface area contributed by atoms with Crippen LogP contribution in [0.5, 0.6) is 0 Å². The van der Waals surface area contributed by atoms with Gasteiger partial charge in [0.2, 0.25) is 15.9 Å². The van der Waals surface area contributed by atoms with Crippen molar-refractivity contribution >= 4 is 21.6 Å². The van der Waals surface area contributed by atoms with Gasteiger partial charge in [-0.2, -0.15) is 0 Å². The van der Waals surface area contributed by atoms with Gasteiger partial charge in [-0.1, -0.05) is 0 Å². The van der Waals surface area contributed by atoms with Crippen LogP contribution < -0.4 is 15.4 Å². The molecule has 0 saturated heterocycles. The Morgan fingerprint density at radius 2 is 2.20 bits per heavy atom. The Kier molecular flexibility index (Phi) is 4.42. The number of nitrogens with one attached hydrogen (secondary N) is 1. The van der Waals surface area contributed by atoms with Crippen LogP contribution in [-0.4, -0.2) is 34.5 Å². The Balaban J connectivity index is 2.25. The number of rotatable bonds is 5. The maximum Gasteiger partial charge on any atom is 0.240 e. The lowest BCUT2D eigenvalue weighted by atomic mass is 10.2. The van der Waals surface area contributed by atoms with Crippen LogP contribution in [0.2, 0.25) is 0 Å². The highest BCUT2D eigenvalue weighted by Crippen LogP contribution is 2.30. The minimum Gasteiger partial charge on any atom is -0.330 e. The Hall–Kier alpha value is -1.44. The average molecular weight is 297 g/mol. The summed E-state index contributed by atoms with van der Waals surface area (Å²) in [6.45, 7) is 1.09. The quantitative estimate of drug-likeness (QED) is 0.813. The standard InChI is InChI=1S/C13H19N3O3S/c1-15-20(18,19)11-4-5-12-10(9-11)6-8-16(12)13(17)3-2-7-14/h4-5,9,15H,2-3,6-8,14H2,1H3. The number of anilines is 1. The second-order valence-corrected chi connectivity index (χ2v) is 6.57. The third-order valence-corrected chi connectivity index (χ3v) is 4.83. The van der Waals surface area contributed by atoms with Gasteiger partial charge in [-0.05, 0) is 50.2 Å². The van der Waals surface area contributed by atoms with E-state index in [1.165, 1.54) is 13.1 Å². The highest BCUT2D eigenvalue weighted by molar-refractivity contribution is 7.89. The largest absolute Gasteiger partial charge is 0.330 e. The van der Waals surface area contributed by atoms with Gasteiger partial charge in [0.25, 0.3) is 0 Å². The maximum atomic E-state index is 12.0. The number of hydrogen-bond acceptors (Lipinski definition) is 4. The first-order valence-electron chi connectivity index (χ1n) is 6.56. The molecule has 0 saturated carbocycles. The van der Waals surface area contributed by atoms with E-state index in [2.05, 4.69) is 4.72 Å². The molecule has 0 radical (unpaired) electrons. The van der Waals surface area contributed by atoms with Gasteiger partial charge in [0, 0.05) is 18.7 Å². The maximum absolute atomic E-state index is 12.0. The fourth-order valence-corrected chi connectivity index (χ4v) is 3.09. The third kappa shape index (κ3) is 2.84. The Bertz CT molecular complexity index is 613. The van der Waals surface area contributed by atoms with Crippen molar-refractivity contribution in [2.24, 2.45) is 5.73 Å². The Morgan fingerprint density at radius 3 is 2.85 bits per heavy atom. The first-order chi connectivity index (χ1) is 9.49. The molecule has 110 valence electrons. The molecule has 0 bridgehead atoms. The summed E-state index contributed by atoms with van der Waals surface area (Å²) in [4.78, 5) is 14.0. The minimum atomic E-state index is -3.44. The number of amides is 1. The molecule has 1 aromatic rings. The molecule has 0 unspecified atom stereocenters. The monoisotopic (exact) mass is 297 g/mol. The van der Waals surface area contributed by atoms with Crippen molar-refractivity contribution in [2.45, 2.75) is 24.2 Å². The van der Waals surface area contributed by atoms with E-state index in [0.29, 0.717) is 32.4 Å². The second kappa shape index (κ2) is 5.90. The van der Waals surface area contributed by atoms with Crippen molar-refractivity contribution in [1.82, 2.24) is 4.72 Å². The zero-order valence-corrected chi connectivity index (χ0v) is 12.2. The van der Waals surface area contributed by atoms with Crippen molar-refractivity contribution in [2.75, 3.05) is 25.0 Å². The van der Waals surface area contributed by atoms with Gasteiger partial charge in [0.1, 0.15) is 0 Å². The number of carbonyl (C=O) groups is 1. The van der Waals surface area contributed by atoms with Gasteiger partial charge in [0.05, 0.1) is 4.90 Å². The molecule has 0 atom stereocenters. The van der Waals surface area contributed by atoms with Crippen molar-refractivity contribution in [3.8, 4) is 0 Å². The van der Waals surface area contributed by atoms with Gasteiger partial charge in [-0.3, -0.25) is 4.79 Å². The molecule has 0 spiro atoms. The Morgan fingerprint density at radius 1 is 1.45 bits per heavy atom. The number of fused-ring (bicyclic) bond motifs is 1. The molecule has 6 nitrogen and oxygen atoms in total. The summed E-state index contributed by atoms with van der Waals surface area (Å²) in [6.07, 6.45) is 1.76. The van der Waals surface area contributed by atoms with Crippen molar-refractivity contribution < 1.29 is 13.2 Å². The number of nitrogens with zero attached hydrogens (tertiary/aromatic N) is 1. The van der Waals surface area contributed by atoms with Crippen LogP contribution in [0.25, 0.3) is 0 Å². The molecule has 1 heterocycles. The van der Waals surface area contributed by atoms with Gasteiger partial charge >= 0.3 is 0 Å². The molecule has 20 heavy (non-hydrogen) atoms. The topological polar surface area (TPSA) is 92.5 Å². The smallest absolute Gasteiger partial charge is 0.240 e. The summed E-state index contributed by atoms with van der Waals surface area (Å²) in [5.74, 6) is 0.0402. The molecule has 1 aliphatic heterocycles. The van der Waals surface area contributed by atoms with Crippen LogP contribution >= 0.6 is 0 Å². The van der Waals surface area contributed by atoms with Gasteiger partial charge in [-0.25, -0.2) is 13.1 Å². The van der Waals surface area contributed by atoms with E-state index in [-0.39, 0.29) is 10.8 Å². The van der Waals surface area contributed by atoms with Gasteiger partial charge < -0.3 is 10.6 Å². The molecule has 1 amide bonds. The number of benzene rings is 1. The zero-order chi connectivity index (χ0) is 14.8. The fraction of sp³-hybridized carbons (Fsp3) is 0.462. The van der Waals surface area contributed by atoms with Crippen molar-refractivity contribution in [1.29, 1.82) is 0 Å². The molecule has 3 N–H and O–H groups in total. The van der Waals surface area contributed by atoms with Crippen LogP contribution in [-0.2, 0) is 21.2 Å². The summed E-state index contributed by atoms with van der Waals surface area (Å²) in [7, 11) is -2.06. The highest BCUT2D eigenvalue weighted by Gasteiger charge is 2.25. The summed E-state index contributed by atoms with van der Waals surface area (Å²) in [5, 5.41) is 0. The summed E-state index contributed by atoms with van der Waals surface area (Å²) < 4.78 is 25.8. The van der Waals surface area contributed by atoms with E-state index in [4.69, 9.17) is 5.73 Å². The predicted molar refractivity (Wildman–Crippen MR) is 77.0 cm³/mol. The molecule has 0 fully saturated rings. The molecule has 1 aromatic carbocycles. The zero-order valence-electron chi connectivity index (χ0n) is 11.4. The van der Waals surface area contributed by atoms with Crippen molar-refractivity contribution in [3.05, 3.63) is 23.8 Å². The van der Waals surface area contributed by atoms with Crippen LogP contribution in [0.4, 0.5) is 5.69 Å². The minimum absolute atomic E-state index is 0.0402. The predicted octanol–water partition coefficient (Wildman–Crippen LogP) is 0.223. The molecular formula is C13H19N3O3S. The van der Waals surface area contributed by atoms with E-state index in [1.54, 1.807) is 17.0 Å². The number of nitrogens with two attached hydrogens (primary N) is 1. The lowest BCUT2D eigenvalue weighted by Gasteiger charge is -2.17. The number of sulfonamides is 1. The van der Waals surface area contributed by atoms with Gasteiger partial charge in [-0.15, -0.1) is 0 Å². The first-order valence-corrected chi connectivity index (χ1v) is 8.05. The van der Waals surface area contributed by atoms with E-state index in [1.807, 2.05) is 0 Å². The van der Waals surface area contributed by atoms with E-state index in [0.717, 1.165) is 11.3 Å². The number of carbonyl (C=O) groups excluding carboxylic acids is 1. The molecule has 1 aliphatic rings. The lowest BCUT2D eigenvalue weighted by Crippen LogP contribution is -2.29. The molecule has 2 rings (SSSR count). The first kappa shape index (κ1) is 15.0. The van der Waals surface area contributed by atoms with Crippen molar-refractivity contribution in [3.63, 3.8) is 0 Å². The summed E-state index contributed by atoms with van der Waals surface area (Å²) in [6, 6.07) is 4.86.